The van der Waals surface area contributed by atoms with E-state index in [0.29, 0.717) is 0 Å². The maximum Gasteiger partial charge on any atom is 0.168 e. The summed E-state index contributed by atoms with van der Waals surface area (Å²) in [5.41, 5.74) is 0. The molecule has 12 heavy (non-hydrogen) atoms. The van der Waals surface area contributed by atoms with Crippen molar-refractivity contribution in [2.24, 2.45) is 5.92 Å². The molecule has 0 aromatic carbocycles. The molecular formula is C9H15IO2. The lowest BCUT2D eigenvalue weighted by Gasteiger charge is -2.34. The highest BCUT2D eigenvalue weighted by Gasteiger charge is 2.39. The third-order valence-corrected chi connectivity index (χ3v) is 4.14. The number of halogens is 1. The fourth-order valence-electron chi connectivity index (χ4n) is 2.06. The maximum absolute atomic E-state index is 5.65. The Morgan fingerprint density at radius 2 is 1.75 bits per heavy atom. The van der Waals surface area contributed by atoms with E-state index in [4.69, 9.17) is 9.47 Å². The Morgan fingerprint density at radius 3 is 2.25 bits per heavy atom. The molecule has 0 bridgehead atoms. The molecule has 2 nitrogen and oxygen atoms in total. The molecule has 0 aromatic rings. The largest absolute Gasteiger partial charge is 0.348 e. The van der Waals surface area contributed by atoms with E-state index < -0.39 is 0 Å². The summed E-state index contributed by atoms with van der Waals surface area (Å²) in [4.78, 5) is 0. The molecule has 2 rings (SSSR count). The molecule has 1 spiro atoms. The standard InChI is InChI=1S/C9H15IO2/c10-7-8-1-3-9(4-2-8)11-5-6-12-9/h8H,1-7H2. The van der Waals surface area contributed by atoms with Gasteiger partial charge in [0.25, 0.3) is 0 Å². The fraction of sp³-hybridized carbons (Fsp3) is 1.00. The van der Waals surface area contributed by atoms with Crippen molar-refractivity contribution in [3.8, 4) is 0 Å². The average Bonchev–Trinajstić information content (AvgIpc) is 2.55. The van der Waals surface area contributed by atoms with E-state index in [1.54, 1.807) is 0 Å². The molecule has 1 saturated heterocycles. The van der Waals surface area contributed by atoms with E-state index >= 15 is 0 Å². The zero-order valence-electron chi connectivity index (χ0n) is 7.22. The summed E-state index contributed by atoms with van der Waals surface area (Å²) in [6, 6.07) is 0. The zero-order chi connectivity index (χ0) is 8.44. The highest BCUT2D eigenvalue weighted by Crippen LogP contribution is 2.38. The van der Waals surface area contributed by atoms with Crippen molar-refractivity contribution < 1.29 is 9.47 Å². The van der Waals surface area contributed by atoms with Gasteiger partial charge >= 0.3 is 0 Å². The van der Waals surface area contributed by atoms with Crippen molar-refractivity contribution in [2.75, 3.05) is 17.6 Å². The fourth-order valence-corrected chi connectivity index (χ4v) is 2.94. The summed E-state index contributed by atoms with van der Waals surface area (Å²) in [7, 11) is 0. The first-order chi connectivity index (χ1) is 5.85. The molecule has 0 unspecified atom stereocenters. The second kappa shape index (κ2) is 3.80. The van der Waals surface area contributed by atoms with E-state index in [1.165, 1.54) is 17.3 Å². The van der Waals surface area contributed by atoms with Crippen LogP contribution >= 0.6 is 22.6 Å². The predicted molar refractivity (Wildman–Crippen MR) is 55.5 cm³/mol. The lowest BCUT2D eigenvalue weighted by molar-refractivity contribution is -0.181. The normalized spacial score (nSPS) is 29.8. The highest BCUT2D eigenvalue weighted by atomic mass is 127. The molecule has 1 heterocycles. The van der Waals surface area contributed by atoms with Gasteiger partial charge in [-0.3, -0.25) is 0 Å². The first kappa shape index (κ1) is 9.21. The minimum absolute atomic E-state index is 0.150. The van der Waals surface area contributed by atoms with Gasteiger partial charge in [-0.15, -0.1) is 0 Å². The summed E-state index contributed by atoms with van der Waals surface area (Å²) in [5.74, 6) is 0.756. The van der Waals surface area contributed by atoms with Crippen LogP contribution < -0.4 is 0 Å². The van der Waals surface area contributed by atoms with E-state index in [1.807, 2.05) is 0 Å². The van der Waals surface area contributed by atoms with Crippen LogP contribution in [0.1, 0.15) is 25.7 Å². The Kier molecular flexibility index (Phi) is 2.92. The van der Waals surface area contributed by atoms with Crippen LogP contribution in [-0.4, -0.2) is 23.4 Å². The third-order valence-electron chi connectivity index (χ3n) is 2.90. The van der Waals surface area contributed by atoms with Crippen molar-refractivity contribution in [1.82, 2.24) is 0 Å². The van der Waals surface area contributed by atoms with Crippen LogP contribution in [0.5, 0.6) is 0 Å². The first-order valence-electron chi connectivity index (χ1n) is 4.68. The molecule has 3 heteroatoms. The molecule has 1 saturated carbocycles. The topological polar surface area (TPSA) is 18.5 Å². The number of rotatable bonds is 1. The van der Waals surface area contributed by atoms with Gasteiger partial charge in [-0.1, -0.05) is 22.6 Å². The molecule has 0 amide bonds. The second-order valence-electron chi connectivity index (χ2n) is 3.71. The van der Waals surface area contributed by atoms with Crippen LogP contribution in [0, 0.1) is 5.92 Å². The van der Waals surface area contributed by atoms with Crippen LogP contribution in [-0.2, 0) is 9.47 Å². The molecule has 1 aliphatic carbocycles. The van der Waals surface area contributed by atoms with Crippen LogP contribution in [0.15, 0.2) is 0 Å². The van der Waals surface area contributed by atoms with Gasteiger partial charge in [0.2, 0.25) is 0 Å². The summed E-state index contributed by atoms with van der Waals surface area (Å²) >= 11 is 2.48. The highest BCUT2D eigenvalue weighted by molar-refractivity contribution is 14.1. The van der Waals surface area contributed by atoms with E-state index in [2.05, 4.69) is 22.6 Å². The zero-order valence-corrected chi connectivity index (χ0v) is 9.38. The maximum atomic E-state index is 5.65. The van der Waals surface area contributed by atoms with Crippen LogP contribution in [0.2, 0.25) is 0 Å². The van der Waals surface area contributed by atoms with Gasteiger partial charge in [-0.05, 0) is 18.8 Å². The number of ether oxygens (including phenoxy) is 2. The molecule has 0 radical (unpaired) electrons. The summed E-state index contributed by atoms with van der Waals surface area (Å²) in [6.07, 6.45) is 4.78. The summed E-state index contributed by atoms with van der Waals surface area (Å²) in [6.45, 7) is 1.60. The Balaban J connectivity index is 1.88. The van der Waals surface area contributed by atoms with E-state index in [-0.39, 0.29) is 5.79 Å². The van der Waals surface area contributed by atoms with Gasteiger partial charge in [0.15, 0.2) is 5.79 Å². The Morgan fingerprint density at radius 1 is 1.17 bits per heavy atom. The van der Waals surface area contributed by atoms with Crippen molar-refractivity contribution in [2.45, 2.75) is 31.5 Å². The lowest BCUT2D eigenvalue weighted by Crippen LogP contribution is -2.35. The first-order valence-corrected chi connectivity index (χ1v) is 6.21. The molecule has 0 aromatic heterocycles. The Labute approximate surface area is 87.1 Å². The van der Waals surface area contributed by atoms with Crippen LogP contribution in [0.3, 0.4) is 0 Å². The minimum atomic E-state index is -0.150. The Bertz CT molecular complexity index is 145. The van der Waals surface area contributed by atoms with Gasteiger partial charge in [0.1, 0.15) is 0 Å². The lowest BCUT2D eigenvalue weighted by atomic mass is 9.86. The molecule has 1 aliphatic heterocycles. The predicted octanol–water partition coefficient (Wildman–Crippen LogP) is 2.35. The molecule has 2 fully saturated rings. The monoisotopic (exact) mass is 282 g/mol. The molecule has 0 N–H and O–H groups in total. The van der Waals surface area contributed by atoms with Crippen LogP contribution in [0.25, 0.3) is 0 Å². The smallest absolute Gasteiger partial charge is 0.168 e. The third kappa shape index (κ3) is 1.77. The van der Waals surface area contributed by atoms with Gasteiger partial charge in [0, 0.05) is 17.3 Å². The molecule has 70 valence electrons. The number of alkyl halides is 1. The quantitative estimate of drug-likeness (QED) is 0.543. The SMILES string of the molecule is ICC1CCC2(CC1)OCCO2. The van der Waals surface area contributed by atoms with E-state index in [9.17, 15) is 0 Å². The Hall–Kier alpha value is 0.650. The van der Waals surface area contributed by atoms with Gasteiger partial charge in [0.05, 0.1) is 13.2 Å². The van der Waals surface area contributed by atoms with Crippen molar-refractivity contribution in [3.05, 3.63) is 0 Å². The number of hydrogen-bond donors (Lipinski definition) is 0. The van der Waals surface area contributed by atoms with E-state index in [0.717, 1.165) is 32.0 Å². The van der Waals surface area contributed by atoms with Gasteiger partial charge < -0.3 is 9.47 Å². The van der Waals surface area contributed by atoms with Crippen LogP contribution in [0.4, 0.5) is 0 Å². The molecule has 0 atom stereocenters. The van der Waals surface area contributed by atoms with Gasteiger partial charge in [-0.25, -0.2) is 0 Å². The minimum Gasteiger partial charge on any atom is -0.348 e. The van der Waals surface area contributed by atoms with Crippen molar-refractivity contribution in [1.29, 1.82) is 0 Å². The summed E-state index contributed by atoms with van der Waals surface area (Å²) in [5, 5.41) is 0. The summed E-state index contributed by atoms with van der Waals surface area (Å²) < 4.78 is 12.6. The molecule has 2 aliphatic rings. The van der Waals surface area contributed by atoms with Gasteiger partial charge in [-0.2, -0.15) is 0 Å². The van der Waals surface area contributed by atoms with Crippen molar-refractivity contribution in [3.63, 3.8) is 0 Å². The second-order valence-corrected chi connectivity index (χ2v) is 4.59. The number of hydrogen-bond acceptors (Lipinski definition) is 2. The molecular weight excluding hydrogens is 267 g/mol. The van der Waals surface area contributed by atoms with Crippen molar-refractivity contribution >= 4 is 22.6 Å². The average molecular weight is 282 g/mol.